The summed E-state index contributed by atoms with van der Waals surface area (Å²) in [5, 5.41) is 14.6. The van der Waals surface area contributed by atoms with Crippen LogP contribution in [0.1, 0.15) is 40.0 Å². The predicted molar refractivity (Wildman–Crippen MR) is 148 cm³/mol. The van der Waals surface area contributed by atoms with Gasteiger partial charge in [-0.3, -0.25) is 19.7 Å². The van der Waals surface area contributed by atoms with E-state index in [1.54, 1.807) is 12.1 Å². The van der Waals surface area contributed by atoms with Crippen molar-refractivity contribution in [2.45, 2.75) is 19.3 Å². The maximum Gasteiger partial charge on any atom is 0.293 e. The van der Waals surface area contributed by atoms with E-state index in [4.69, 9.17) is 0 Å². The molecule has 0 bridgehead atoms. The zero-order valence-electron chi connectivity index (χ0n) is 21.2. The van der Waals surface area contributed by atoms with Crippen LogP contribution in [0.4, 0.5) is 22.7 Å². The van der Waals surface area contributed by atoms with Crippen LogP contribution >= 0.6 is 0 Å². The summed E-state index contributed by atoms with van der Waals surface area (Å²) in [7, 11) is 0. The summed E-state index contributed by atoms with van der Waals surface area (Å²) < 4.78 is 0. The lowest BCUT2D eigenvalue weighted by molar-refractivity contribution is -0.384. The molecule has 0 radical (unpaired) electrons. The number of nitrogens with zero attached hydrogens (tertiary/aromatic N) is 4. The van der Waals surface area contributed by atoms with Gasteiger partial charge in [0.05, 0.1) is 4.92 Å². The summed E-state index contributed by atoms with van der Waals surface area (Å²) in [4.78, 5) is 43.0. The van der Waals surface area contributed by atoms with Crippen molar-refractivity contribution in [1.82, 2.24) is 4.90 Å². The second-order valence-electron chi connectivity index (χ2n) is 9.65. The van der Waals surface area contributed by atoms with Crippen molar-refractivity contribution >= 4 is 34.6 Å². The molecule has 2 aliphatic rings. The van der Waals surface area contributed by atoms with Crippen LogP contribution in [0.2, 0.25) is 0 Å². The fraction of sp³-hybridized carbons (Fsp3) is 0.310. The first-order valence-electron chi connectivity index (χ1n) is 13.0. The maximum atomic E-state index is 12.9. The van der Waals surface area contributed by atoms with Crippen molar-refractivity contribution in [2.24, 2.45) is 0 Å². The van der Waals surface area contributed by atoms with Crippen molar-refractivity contribution in [3.8, 4) is 0 Å². The number of nitrogens with one attached hydrogen (secondary N) is 1. The Morgan fingerprint density at radius 2 is 1.42 bits per heavy atom. The van der Waals surface area contributed by atoms with Crippen molar-refractivity contribution in [2.75, 3.05) is 54.4 Å². The molecule has 2 amide bonds. The number of carbonyl (C=O) groups excluding carboxylic acids is 2. The van der Waals surface area contributed by atoms with Crippen LogP contribution in [0.25, 0.3) is 0 Å². The summed E-state index contributed by atoms with van der Waals surface area (Å²) >= 11 is 0. The summed E-state index contributed by atoms with van der Waals surface area (Å²) in [6.45, 7) is 4.29. The van der Waals surface area contributed by atoms with E-state index in [0.29, 0.717) is 30.0 Å². The molecule has 2 fully saturated rings. The third-order valence-electron chi connectivity index (χ3n) is 7.21. The molecule has 1 N–H and O–H groups in total. The van der Waals surface area contributed by atoms with Crippen LogP contribution in [-0.4, -0.2) is 60.9 Å². The molecule has 3 aromatic rings. The lowest BCUT2D eigenvalue weighted by Crippen LogP contribution is -2.48. The van der Waals surface area contributed by atoms with Crippen molar-refractivity contribution in [1.29, 1.82) is 0 Å². The van der Waals surface area contributed by atoms with E-state index in [9.17, 15) is 19.7 Å². The smallest absolute Gasteiger partial charge is 0.293 e. The first kappa shape index (κ1) is 25.3. The molecule has 196 valence electrons. The van der Waals surface area contributed by atoms with E-state index in [1.165, 1.54) is 6.07 Å². The number of rotatable bonds is 6. The molecule has 0 aromatic heterocycles. The van der Waals surface area contributed by atoms with Gasteiger partial charge in [-0.25, -0.2) is 0 Å². The van der Waals surface area contributed by atoms with E-state index >= 15 is 0 Å². The third-order valence-corrected chi connectivity index (χ3v) is 7.21. The first-order chi connectivity index (χ1) is 18.5. The molecule has 2 heterocycles. The van der Waals surface area contributed by atoms with Crippen LogP contribution < -0.4 is 15.1 Å². The first-order valence-corrected chi connectivity index (χ1v) is 13.0. The highest BCUT2D eigenvalue weighted by Crippen LogP contribution is 2.31. The van der Waals surface area contributed by atoms with Gasteiger partial charge >= 0.3 is 0 Å². The molecule has 5 rings (SSSR count). The minimum absolute atomic E-state index is 0.0419. The van der Waals surface area contributed by atoms with Crippen molar-refractivity contribution < 1.29 is 14.5 Å². The van der Waals surface area contributed by atoms with Gasteiger partial charge in [-0.2, -0.15) is 0 Å². The van der Waals surface area contributed by atoms with Crippen LogP contribution in [0.5, 0.6) is 0 Å². The number of carbonyl (C=O) groups is 2. The molecule has 9 heteroatoms. The average Bonchev–Trinajstić information content (AvgIpc) is 2.98. The largest absolute Gasteiger partial charge is 0.368 e. The number of hydrogen-bond acceptors (Lipinski definition) is 6. The summed E-state index contributed by atoms with van der Waals surface area (Å²) in [5.41, 5.74) is 3.10. The Kier molecular flexibility index (Phi) is 7.53. The van der Waals surface area contributed by atoms with Crippen LogP contribution in [0.3, 0.4) is 0 Å². The monoisotopic (exact) mass is 513 g/mol. The lowest BCUT2D eigenvalue weighted by atomic mass is 10.1. The van der Waals surface area contributed by atoms with Gasteiger partial charge in [0, 0.05) is 67.8 Å². The van der Waals surface area contributed by atoms with Gasteiger partial charge in [0.2, 0.25) is 0 Å². The second-order valence-corrected chi connectivity index (χ2v) is 9.65. The SMILES string of the molecule is O=C(Nc1ccc(N2CCN(C(=O)c3ccccc3)CC2)cc1)c1ccc(N2CCCCC2)c([N+](=O)[O-])c1. The number of anilines is 3. The van der Waals surface area contributed by atoms with Gasteiger partial charge < -0.3 is 20.0 Å². The van der Waals surface area contributed by atoms with Gasteiger partial charge in [-0.1, -0.05) is 18.2 Å². The Labute approximate surface area is 221 Å². The van der Waals surface area contributed by atoms with Crippen molar-refractivity contribution in [3.05, 3.63) is 94.0 Å². The average molecular weight is 514 g/mol. The zero-order valence-corrected chi connectivity index (χ0v) is 21.2. The number of nitro groups is 1. The number of piperidine rings is 1. The van der Waals surface area contributed by atoms with Gasteiger partial charge in [-0.05, 0) is 67.8 Å². The molecule has 3 aromatic carbocycles. The summed E-state index contributed by atoms with van der Waals surface area (Å²) in [6.07, 6.45) is 3.15. The number of piperazine rings is 1. The topological polar surface area (TPSA) is 99.0 Å². The molecule has 0 atom stereocenters. The quantitative estimate of drug-likeness (QED) is 0.376. The Hall–Kier alpha value is -4.40. The minimum Gasteiger partial charge on any atom is -0.368 e. The highest BCUT2D eigenvalue weighted by atomic mass is 16.6. The van der Waals surface area contributed by atoms with E-state index in [2.05, 4.69) is 10.2 Å². The number of amides is 2. The van der Waals surface area contributed by atoms with E-state index in [0.717, 1.165) is 51.1 Å². The predicted octanol–water partition coefficient (Wildman–Crippen LogP) is 4.80. The fourth-order valence-corrected chi connectivity index (χ4v) is 5.10. The lowest BCUT2D eigenvalue weighted by Gasteiger charge is -2.36. The molecular formula is C29H31N5O4. The minimum atomic E-state index is -0.414. The number of benzene rings is 3. The molecule has 2 aliphatic heterocycles. The highest BCUT2D eigenvalue weighted by molar-refractivity contribution is 6.05. The van der Waals surface area contributed by atoms with Crippen molar-refractivity contribution in [3.63, 3.8) is 0 Å². The molecule has 0 spiro atoms. The van der Waals surface area contributed by atoms with Gasteiger partial charge in [0.25, 0.3) is 17.5 Å². The Morgan fingerprint density at radius 1 is 0.737 bits per heavy atom. The van der Waals surface area contributed by atoms with E-state index in [1.807, 2.05) is 64.4 Å². The van der Waals surface area contributed by atoms with Crippen LogP contribution in [0, 0.1) is 10.1 Å². The van der Waals surface area contributed by atoms with E-state index in [-0.39, 0.29) is 23.1 Å². The van der Waals surface area contributed by atoms with Gasteiger partial charge in [0.15, 0.2) is 0 Å². The van der Waals surface area contributed by atoms with E-state index < -0.39 is 4.92 Å². The molecule has 0 saturated carbocycles. The van der Waals surface area contributed by atoms with Gasteiger partial charge in [-0.15, -0.1) is 0 Å². The number of hydrogen-bond donors (Lipinski definition) is 1. The normalized spacial score (nSPS) is 15.7. The Bertz CT molecular complexity index is 1300. The highest BCUT2D eigenvalue weighted by Gasteiger charge is 2.24. The number of nitro benzene ring substituents is 1. The summed E-state index contributed by atoms with van der Waals surface area (Å²) in [6, 6.07) is 21.5. The van der Waals surface area contributed by atoms with Crippen LogP contribution in [-0.2, 0) is 0 Å². The Morgan fingerprint density at radius 3 is 2.08 bits per heavy atom. The molecule has 0 aliphatic carbocycles. The molecular weight excluding hydrogens is 482 g/mol. The molecule has 0 unspecified atom stereocenters. The van der Waals surface area contributed by atoms with Gasteiger partial charge in [0.1, 0.15) is 5.69 Å². The second kappa shape index (κ2) is 11.3. The molecule has 9 nitrogen and oxygen atoms in total. The molecule has 38 heavy (non-hydrogen) atoms. The fourth-order valence-electron chi connectivity index (χ4n) is 5.10. The third kappa shape index (κ3) is 5.61. The standard InChI is InChI=1S/C29H31N5O4/c35-28(23-9-14-26(27(21-23)34(37)38)32-15-5-2-6-16-32)30-24-10-12-25(13-11-24)31-17-19-33(20-18-31)29(36)22-7-3-1-4-8-22/h1,3-4,7-14,21H,2,5-6,15-20H2,(H,30,35). The molecule has 2 saturated heterocycles. The zero-order chi connectivity index (χ0) is 26.5. The maximum absolute atomic E-state index is 12.9. The summed E-state index contributed by atoms with van der Waals surface area (Å²) in [5.74, 6) is -0.341. The van der Waals surface area contributed by atoms with Crippen LogP contribution in [0.15, 0.2) is 72.8 Å². The Balaban J connectivity index is 1.19.